The lowest BCUT2D eigenvalue weighted by Gasteiger charge is -2.22. The molecule has 0 bridgehead atoms. The van der Waals surface area contributed by atoms with Crippen LogP contribution in [0.1, 0.15) is 11.1 Å². The summed E-state index contributed by atoms with van der Waals surface area (Å²) in [5.74, 6) is -0.00788. The van der Waals surface area contributed by atoms with E-state index in [1.54, 1.807) is 36.4 Å². The minimum Gasteiger partial charge on any atom is -0.481 e. The number of ether oxygens (including phenoxy) is 1. The van der Waals surface area contributed by atoms with Crippen LogP contribution in [0.2, 0.25) is 0 Å². The van der Waals surface area contributed by atoms with Crippen molar-refractivity contribution < 1.29 is 14.3 Å². The van der Waals surface area contributed by atoms with Crippen molar-refractivity contribution in [1.29, 1.82) is 5.26 Å². The summed E-state index contributed by atoms with van der Waals surface area (Å²) in [6.45, 7) is 7.04. The van der Waals surface area contributed by atoms with Crippen molar-refractivity contribution in [1.82, 2.24) is 15.0 Å². The molecular formula is C24H20N6O3. The van der Waals surface area contributed by atoms with Gasteiger partial charge in [0.25, 0.3) is 5.91 Å². The van der Waals surface area contributed by atoms with Crippen LogP contribution < -0.4 is 15.0 Å². The number of carbonyl (C=O) groups is 2. The fraction of sp³-hybridized carbons (Fsp3) is 0.0833. The Morgan fingerprint density at radius 1 is 1.18 bits per heavy atom. The molecule has 1 aromatic carbocycles. The van der Waals surface area contributed by atoms with Gasteiger partial charge in [-0.05, 0) is 35.9 Å². The zero-order valence-electron chi connectivity index (χ0n) is 17.9. The van der Waals surface area contributed by atoms with Gasteiger partial charge >= 0.3 is 0 Å². The maximum absolute atomic E-state index is 12.8. The Labute approximate surface area is 190 Å². The van der Waals surface area contributed by atoms with E-state index in [0.717, 1.165) is 6.08 Å². The highest BCUT2D eigenvalue weighted by molar-refractivity contribution is 6.07. The summed E-state index contributed by atoms with van der Waals surface area (Å²) in [6.07, 6.45) is 5.33. The number of hydrogen-bond acceptors (Lipinski definition) is 8. The normalized spacial score (nSPS) is 9.94. The average molecular weight is 440 g/mol. The van der Waals surface area contributed by atoms with E-state index >= 15 is 0 Å². The summed E-state index contributed by atoms with van der Waals surface area (Å²) in [6, 6.07) is 12.2. The summed E-state index contributed by atoms with van der Waals surface area (Å²) < 4.78 is 5.04. The molecule has 1 N–H and O–H groups in total. The second-order valence-electron chi connectivity index (χ2n) is 6.65. The zero-order valence-corrected chi connectivity index (χ0v) is 17.9. The van der Waals surface area contributed by atoms with Gasteiger partial charge < -0.3 is 10.1 Å². The predicted octanol–water partition coefficient (Wildman–Crippen LogP) is 3.64. The van der Waals surface area contributed by atoms with E-state index < -0.39 is 5.91 Å². The molecule has 0 aliphatic rings. The van der Waals surface area contributed by atoms with Crippen molar-refractivity contribution in [2.75, 3.05) is 17.3 Å². The number of nitriles is 1. The van der Waals surface area contributed by atoms with Gasteiger partial charge in [0.15, 0.2) is 11.6 Å². The van der Waals surface area contributed by atoms with Crippen molar-refractivity contribution >= 4 is 34.8 Å². The summed E-state index contributed by atoms with van der Waals surface area (Å²) in [4.78, 5) is 38.5. The molecule has 2 aromatic heterocycles. The van der Waals surface area contributed by atoms with E-state index in [1.165, 1.54) is 30.5 Å². The number of amides is 1. The largest absolute Gasteiger partial charge is 0.481 e. The molecule has 0 saturated carbocycles. The Kier molecular flexibility index (Phi) is 7.24. The molecule has 3 aromatic rings. The van der Waals surface area contributed by atoms with Gasteiger partial charge in [-0.2, -0.15) is 10.2 Å². The van der Waals surface area contributed by atoms with Gasteiger partial charge in [-0.25, -0.2) is 9.97 Å². The fourth-order valence-corrected chi connectivity index (χ4v) is 2.91. The first-order chi connectivity index (χ1) is 16.0. The number of nitrogens with zero attached hydrogens (tertiary/aromatic N) is 5. The zero-order chi connectivity index (χ0) is 23.8. The Bertz CT molecular complexity index is 1250. The molecular weight excluding hydrogens is 420 g/mol. The number of anilines is 4. The van der Waals surface area contributed by atoms with Gasteiger partial charge in [0.2, 0.25) is 11.8 Å². The first-order valence-electron chi connectivity index (χ1n) is 9.74. The van der Waals surface area contributed by atoms with E-state index in [1.807, 2.05) is 6.07 Å². The number of rotatable bonds is 9. The maximum atomic E-state index is 12.8. The van der Waals surface area contributed by atoms with Gasteiger partial charge in [0, 0.05) is 12.5 Å². The third-order valence-corrected chi connectivity index (χ3v) is 4.47. The highest BCUT2D eigenvalue weighted by Crippen LogP contribution is 2.29. The lowest BCUT2D eigenvalue weighted by Crippen LogP contribution is -2.26. The molecule has 3 rings (SSSR count). The van der Waals surface area contributed by atoms with Gasteiger partial charge in [0.1, 0.15) is 11.6 Å². The van der Waals surface area contributed by atoms with E-state index in [4.69, 9.17) is 4.74 Å². The average Bonchev–Trinajstić information content (AvgIpc) is 2.85. The Morgan fingerprint density at radius 2 is 2.00 bits per heavy atom. The van der Waals surface area contributed by atoms with Gasteiger partial charge in [-0.15, -0.1) is 0 Å². The molecule has 0 aliphatic carbocycles. The van der Waals surface area contributed by atoms with Crippen molar-refractivity contribution in [3.05, 3.63) is 85.2 Å². The smallest absolute Gasteiger partial charge is 0.256 e. The predicted molar refractivity (Wildman–Crippen MR) is 124 cm³/mol. The lowest BCUT2D eigenvalue weighted by molar-refractivity contribution is -0.114. The number of nitrogens with one attached hydrogen (secondary N) is 1. The molecule has 0 saturated heterocycles. The van der Waals surface area contributed by atoms with Crippen LogP contribution in [0.15, 0.2) is 74.1 Å². The number of allylic oxidation sites excluding steroid dienone is 1. The molecule has 0 radical (unpaired) electrons. The molecule has 0 atom stereocenters. The Morgan fingerprint density at radius 3 is 2.64 bits per heavy atom. The fourth-order valence-electron chi connectivity index (χ4n) is 2.91. The highest BCUT2D eigenvalue weighted by Gasteiger charge is 2.22. The summed E-state index contributed by atoms with van der Waals surface area (Å²) in [5, 5.41) is 12.6. The first-order valence-corrected chi connectivity index (χ1v) is 9.74. The lowest BCUT2D eigenvalue weighted by atomic mass is 10.1. The molecule has 0 aliphatic heterocycles. The molecule has 0 unspecified atom stereocenters. The second-order valence-corrected chi connectivity index (χ2v) is 6.65. The summed E-state index contributed by atoms with van der Waals surface area (Å²) in [5.41, 5.74) is 1.75. The number of benzene rings is 1. The van der Waals surface area contributed by atoms with Gasteiger partial charge in [0.05, 0.1) is 30.9 Å². The Hall–Kier alpha value is -4.84. The van der Waals surface area contributed by atoms with Crippen LogP contribution in [-0.4, -0.2) is 33.8 Å². The van der Waals surface area contributed by atoms with Crippen LogP contribution >= 0.6 is 0 Å². The third-order valence-electron chi connectivity index (χ3n) is 4.47. The minimum atomic E-state index is -0.505. The molecule has 9 heteroatoms. The summed E-state index contributed by atoms with van der Waals surface area (Å²) >= 11 is 0. The van der Waals surface area contributed by atoms with Crippen molar-refractivity contribution in [3.63, 3.8) is 0 Å². The van der Waals surface area contributed by atoms with E-state index in [0.29, 0.717) is 22.8 Å². The molecule has 0 spiro atoms. The van der Waals surface area contributed by atoms with Crippen LogP contribution in [0.5, 0.6) is 5.88 Å². The first kappa shape index (κ1) is 22.8. The minimum absolute atomic E-state index is 0.0635. The molecule has 0 fully saturated rings. The Balaban J connectivity index is 2.04. The van der Waals surface area contributed by atoms with Crippen LogP contribution in [-0.2, 0) is 16.0 Å². The van der Waals surface area contributed by atoms with E-state index in [2.05, 4.69) is 33.4 Å². The molecule has 2 heterocycles. The molecule has 33 heavy (non-hydrogen) atoms. The number of ketones is 1. The topological polar surface area (TPSA) is 121 Å². The second kappa shape index (κ2) is 10.5. The van der Waals surface area contributed by atoms with Gasteiger partial charge in [-0.3, -0.25) is 14.5 Å². The van der Waals surface area contributed by atoms with Crippen molar-refractivity contribution in [2.45, 2.75) is 6.42 Å². The number of hydrogen-bond donors (Lipinski definition) is 1. The third kappa shape index (κ3) is 5.45. The molecule has 9 nitrogen and oxygen atoms in total. The standard InChI is InChI=1S/C24H20N6O3/c1-4-20(31)12-16-7-6-8-19(11-16)30(22(32)5-2)23-17(13-25)14-27-24(29-23)28-18-9-10-21(33-3)26-15-18/h4-11,14-15H,1-2,12H2,3H3,(H,27,28,29). The van der Waals surface area contributed by atoms with Crippen LogP contribution in [0.4, 0.5) is 23.1 Å². The number of methoxy groups -OCH3 is 1. The molecule has 164 valence electrons. The van der Waals surface area contributed by atoms with Crippen LogP contribution in [0.25, 0.3) is 0 Å². The molecule has 1 amide bonds. The van der Waals surface area contributed by atoms with E-state index in [9.17, 15) is 14.9 Å². The number of carbonyl (C=O) groups excluding carboxylic acids is 2. The van der Waals surface area contributed by atoms with E-state index in [-0.39, 0.29) is 29.5 Å². The SMILES string of the molecule is C=CC(=O)Cc1cccc(N(C(=O)C=C)c2nc(Nc3ccc(OC)nc3)ncc2C#N)c1. The number of aromatic nitrogens is 3. The van der Waals surface area contributed by atoms with Crippen molar-refractivity contribution in [2.24, 2.45) is 0 Å². The van der Waals surface area contributed by atoms with Gasteiger partial charge in [-0.1, -0.05) is 25.3 Å². The van der Waals surface area contributed by atoms with Crippen molar-refractivity contribution in [3.8, 4) is 11.9 Å². The van der Waals surface area contributed by atoms with Crippen LogP contribution in [0.3, 0.4) is 0 Å². The monoisotopic (exact) mass is 440 g/mol. The summed E-state index contributed by atoms with van der Waals surface area (Å²) in [7, 11) is 1.51. The van der Waals surface area contributed by atoms with Crippen LogP contribution in [0, 0.1) is 11.3 Å². The maximum Gasteiger partial charge on any atom is 0.256 e. The number of pyridine rings is 1. The quantitative estimate of drug-likeness (QED) is 0.501. The highest BCUT2D eigenvalue weighted by atomic mass is 16.5.